The van der Waals surface area contributed by atoms with Gasteiger partial charge in [-0.25, -0.2) is 4.98 Å². The number of hydrogen-bond acceptors (Lipinski definition) is 3. The van der Waals surface area contributed by atoms with Crippen molar-refractivity contribution >= 4 is 23.3 Å². The Morgan fingerprint density at radius 2 is 2.50 bits per heavy atom. The summed E-state index contributed by atoms with van der Waals surface area (Å²) in [5.41, 5.74) is 0. The predicted octanol–water partition coefficient (Wildman–Crippen LogP) is 1.67. The summed E-state index contributed by atoms with van der Waals surface area (Å²) in [6.07, 6.45) is 3.55. The van der Waals surface area contributed by atoms with Gasteiger partial charge in [-0.05, 0) is 31.5 Å². The molecule has 1 saturated heterocycles. The molecule has 1 fully saturated rings. The van der Waals surface area contributed by atoms with Gasteiger partial charge in [0.25, 0.3) is 0 Å². The van der Waals surface area contributed by atoms with Gasteiger partial charge < -0.3 is 10.6 Å². The summed E-state index contributed by atoms with van der Waals surface area (Å²) in [6, 6.07) is 3.33. The molecule has 4 nitrogen and oxygen atoms in total. The number of hydrogen-bond donors (Lipinski definition) is 2. The van der Waals surface area contributed by atoms with Crippen LogP contribution in [0.4, 0.5) is 5.82 Å². The van der Waals surface area contributed by atoms with Crippen molar-refractivity contribution in [3.05, 3.63) is 23.4 Å². The third kappa shape index (κ3) is 2.93. The van der Waals surface area contributed by atoms with E-state index in [1.165, 1.54) is 0 Å². The number of nitrogens with zero attached hydrogens (tertiary/aromatic N) is 1. The maximum atomic E-state index is 11.8. The fourth-order valence-corrected chi connectivity index (χ4v) is 1.94. The average Bonchev–Trinajstić information content (AvgIpc) is 2.30. The highest BCUT2D eigenvalue weighted by Gasteiger charge is 2.20. The topological polar surface area (TPSA) is 54.0 Å². The number of aromatic nitrogens is 1. The van der Waals surface area contributed by atoms with Gasteiger partial charge in [-0.1, -0.05) is 11.6 Å². The largest absolute Gasteiger partial charge is 0.316 e. The highest BCUT2D eigenvalue weighted by atomic mass is 35.5. The Balaban J connectivity index is 1.96. The number of amides is 1. The van der Waals surface area contributed by atoms with E-state index in [4.69, 9.17) is 11.6 Å². The molecule has 2 heterocycles. The first-order valence-corrected chi connectivity index (χ1v) is 5.76. The minimum absolute atomic E-state index is 0.0157. The summed E-state index contributed by atoms with van der Waals surface area (Å²) < 4.78 is 0. The SMILES string of the molecule is O=C(Nc1cc(Cl)ccn1)[C@H]1CCCNC1. The molecule has 1 amide bonds. The van der Waals surface area contributed by atoms with Crippen LogP contribution in [0.25, 0.3) is 0 Å². The van der Waals surface area contributed by atoms with Crippen LogP contribution in [0.15, 0.2) is 18.3 Å². The van der Waals surface area contributed by atoms with Crippen LogP contribution in [-0.4, -0.2) is 24.0 Å². The number of carbonyl (C=O) groups excluding carboxylic acids is 1. The van der Waals surface area contributed by atoms with E-state index < -0.39 is 0 Å². The molecular weight excluding hydrogens is 226 g/mol. The second kappa shape index (κ2) is 5.27. The summed E-state index contributed by atoms with van der Waals surface area (Å²) in [6.45, 7) is 1.74. The molecule has 1 aromatic heterocycles. The van der Waals surface area contributed by atoms with Gasteiger partial charge in [-0.15, -0.1) is 0 Å². The van der Waals surface area contributed by atoms with Crippen molar-refractivity contribution in [2.24, 2.45) is 5.92 Å². The third-order valence-corrected chi connectivity index (χ3v) is 2.88. The van der Waals surface area contributed by atoms with Gasteiger partial charge in [0, 0.05) is 17.8 Å². The molecule has 0 aromatic carbocycles. The van der Waals surface area contributed by atoms with Crippen molar-refractivity contribution in [2.45, 2.75) is 12.8 Å². The number of piperidine rings is 1. The standard InChI is InChI=1S/C11H14ClN3O/c12-9-3-5-14-10(6-9)15-11(16)8-2-1-4-13-7-8/h3,5-6,8,13H,1-2,4,7H2,(H,14,15,16)/t8-/m0/s1. The van der Waals surface area contributed by atoms with Gasteiger partial charge in [-0.2, -0.15) is 0 Å². The summed E-state index contributed by atoms with van der Waals surface area (Å²) in [5, 5.41) is 6.56. The molecule has 1 aromatic rings. The zero-order chi connectivity index (χ0) is 11.4. The number of halogens is 1. The highest BCUT2D eigenvalue weighted by Crippen LogP contribution is 2.15. The molecule has 1 aliphatic rings. The maximum Gasteiger partial charge on any atom is 0.229 e. The predicted molar refractivity (Wildman–Crippen MR) is 63.5 cm³/mol. The number of carbonyl (C=O) groups is 1. The molecule has 5 heteroatoms. The van der Waals surface area contributed by atoms with Gasteiger partial charge in [0.2, 0.25) is 5.91 Å². The van der Waals surface area contributed by atoms with E-state index in [1.54, 1.807) is 18.3 Å². The van der Waals surface area contributed by atoms with Crippen LogP contribution in [0.3, 0.4) is 0 Å². The van der Waals surface area contributed by atoms with E-state index in [1.807, 2.05) is 0 Å². The van der Waals surface area contributed by atoms with E-state index in [0.717, 1.165) is 25.9 Å². The van der Waals surface area contributed by atoms with Crippen LogP contribution < -0.4 is 10.6 Å². The van der Waals surface area contributed by atoms with E-state index in [-0.39, 0.29) is 11.8 Å². The molecule has 0 aliphatic carbocycles. The first kappa shape index (κ1) is 11.4. The highest BCUT2D eigenvalue weighted by molar-refractivity contribution is 6.30. The minimum Gasteiger partial charge on any atom is -0.316 e. The van der Waals surface area contributed by atoms with Crippen LogP contribution in [0.2, 0.25) is 5.02 Å². The van der Waals surface area contributed by atoms with Crippen molar-refractivity contribution in [2.75, 3.05) is 18.4 Å². The van der Waals surface area contributed by atoms with E-state index >= 15 is 0 Å². The van der Waals surface area contributed by atoms with E-state index in [0.29, 0.717) is 10.8 Å². The third-order valence-electron chi connectivity index (χ3n) is 2.64. The normalized spacial score (nSPS) is 20.4. The molecule has 0 spiro atoms. The Bertz CT molecular complexity index is 377. The van der Waals surface area contributed by atoms with Gasteiger partial charge in [0.1, 0.15) is 5.82 Å². The molecule has 0 saturated carbocycles. The molecule has 86 valence electrons. The minimum atomic E-state index is 0.0157. The Morgan fingerprint density at radius 1 is 1.62 bits per heavy atom. The smallest absolute Gasteiger partial charge is 0.229 e. The van der Waals surface area contributed by atoms with Crippen LogP contribution in [0.5, 0.6) is 0 Å². The summed E-state index contributed by atoms with van der Waals surface area (Å²) >= 11 is 5.81. The Morgan fingerprint density at radius 3 is 3.19 bits per heavy atom. The van der Waals surface area contributed by atoms with Crippen molar-refractivity contribution in [3.8, 4) is 0 Å². The van der Waals surface area contributed by atoms with Gasteiger partial charge in [0.15, 0.2) is 0 Å². The fraction of sp³-hybridized carbons (Fsp3) is 0.455. The van der Waals surface area contributed by atoms with Crippen molar-refractivity contribution in [3.63, 3.8) is 0 Å². The van der Waals surface area contributed by atoms with Gasteiger partial charge >= 0.3 is 0 Å². The van der Waals surface area contributed by atoms with E-state index in [9.17, 15) is 4.79 Å². The second-order valence-electron chi connectivity index (χ2n) is 3.89. The zero-order valence-corrected chi connectivity index (χ0v) is 9.63. The lowest BCUT2D eigenvalue weighted by molar-refractivity contribution is -0.120. The molecule has 0 bridgehead atoms. The lowest BCUT2D eigenvalue weighted by Gasteiger charge is -2.21. The van der Waals surface area contributed by atoms with Crippen molar-refractivity contribution < 1.29 is 4.79 Å². The van der Waals surface area contributed by atoms with Crippen LogP contribution in [-0.2, 0) is 4.79 Å². The first-order chi connectivity index (χ1) is 7.75. The molecule has 1 atom stereocenters. The summed E-state index contributed by atoms with van der Waals surface area (Å²) in [4.78, 5) is 15.9. The summed E-state index contributed by atoms with van der Waals surface area (Å²) in [5.74, 6) is 0.569. The van der Waals surface area contributed by atoms with Gasteiger partial charge in [0.05, 0.1) is 5.92 Å². The lowest BCUT2D eigenvalue weighted by Crippen LogP contribution is -2.37. The van der Waals surface area contributed by atoms with Crippen LogP contribution >= 0.6 is 11.6 Å². The summed E-state index contributed by atoms with van der Waals surface area (Å²) in [7, 11) is 0. The number of anilines is 1. The van der Waals surface area contributed by atoms with Crippen LogP contribution in [0.1, 0.15) is 12.8 Å². The number of rotatable bonds is 2. The molecular formula is C11H14ClN3O. The number of nitrogens with one attached hydrogen (secondary N) is 2. The van der Waals surface area contributed by atoms with Gasteiger partial charge in [-0.3, -0.25) is 4.79 Å². The molecule has 1 aliphatic heterocycles. The quantitative estimate of drug-likeness (QED) is 0.826. The monoisotopic (exact) mass is 239 g/mol. The maximum absolute atomic E-state index is 11.8. The molecule has 2 N–H and O–H groups in total. The van der Waals surface area contributed by atoms with E-state index in [2.05, 4.69) is 15.6 Å². The molecule has 16 heavy (non-hydrogen) atoms. The first-order valence-electron chi connectivity index (χ1n) is 5.39. The number of pyridine rings is 1. The lowest BCUT2D eigenvalue weighted by atomic mass is 9.99. The molecule has 0 unspecified atom stereocenters. The van der Waals surface area contributed by atoms with Crippen LogP contribution in [0, 0.1) is 5.92 Å². The molecule has 2 rings (SSSR count). The Kier molecular flexibility index (Phi) is 3.74. The van der Waals surface area contributed by atoms with Crippen molar-refractivity contribution in [1.82, 2.24) is 10.3 Å². The molecule has 0 radical (unpaired) electrons. The zero-order valence-electron chi connectivity index (χ0n) is 8.87. The van der Waals surface area contributed by atoms with Crippen molar-refractivity contribution in [1.29, 1.82) is 0 Å². The fourth-order valence-electron chi connectivity index (χ4n) is 1.78. The Hall–Kier alpha value is -1.13. The average molecular weight is 240 g/mol. The Labute approximate surface area is 99.4 Å². The second-order valence-corrected chi connectivity index (χ2v) is 4.33.